The van der Waals surface area contributed by atoms with E-state index in [0.717, 1.165) is 4.47 Å². The van der Waals surface area contributed by atoms with Crippen LogP contribution in [0, 0.1) is 0 Å². The van der Waals surface area contributed by atoms with E-state index in [9.17, 15) is 14.7 Å². The molecule has 2 atom stereocenters. The van der Waals surface area contributed by atoms with Crippen LogP contribution in [0.2, 0.25) is 0 Å². The summed E-state index contributed by atoms with van der Waals surface area (Å²) in [5.41, 5.74) is -1.04. The van der Waals surface area contributed by atoms with Crippen molar-refractivity contribution in [2.45, 2.75) is 64.9 Å². The van der Waals surface area contributed by atoms with Crippen molar-refractivity contribution in [2.24, 2.45) is 0 Å². The second kappa shape index (κ2) is 8.19. The normalized spacial score (nSPS) is 14.4. The molecule has 0 heterocycles. The largest absolute Gasteiger partial charge is 0.458 e. The Morgan fingerprint density at radius 3 is 2.12 bits per heavy atom. The average molecular weight is 416 g/mol. The molecule has 1 amide bonds. The first-order valence-corrected chi connectivity index (χ1v) is 8.74. The van der Waals surface area contributed by atoms with Crippen LogP contribution in [0.25, 0.3) is 0 Å². The first-order chi connectivity index (χ1) is 11.3. The third-order valence-corrected chi connectivity index (χ3v) is 3.33. The first-order valence-electron chi connectivity index (χ1n) is 7.94. The van der Waals surface area contributed by atoms with Gasteiger partial charge >= 0.3 is 12.1 Å². The van der Waals surface area contributed by atoms with E-state index in [2.05, 4.69) is 21.2 Å². The number of nitrogens with one attached hydrogen (secondary N) is 1. The predicted molar refractivity (Wildman–Crippen MR) is 98.1 cm³/mol. The Hall–Kier alpha value is -1.60. The minimum absolute atomic E-state index is 0.460. The van der Waals surface area contributed by atoms with Crippen molar-refractivity contribution in [1.82, 2.24) is 5.32 Å². The summed E-state index contributed by atoms with van der Waals surface area (Å²) >= 11 is 3.32. The molecule has 6 nitrogen and oxygen atoms in total. The Labute approximate surface area is 157 Å². The molecule has 25 heavy (non-hydrogen) atoms. The van der Waals surface area contributed by atoms with Gasteiger partial charge in [-0.05, 0) is 59.2 Å². The lowest BCUT2D eigenvalue weighted by atomic mass is 10.0. The number of benzene rings is 1. The molecule has 0 radical (unpaired) electrons. The highest BCUT2D eigenvalue weighted by Crippen LogP contribution is 2.23. The Kier molecular flexibility index (Phi) is 7.02. The average Bonchev–Trinajstić information content (AvgIpc) is 2.40. The maximum atomic E-state index is 12.5. The minimum Gasteiger partial charge on any atom is -0.458 e. The molecule has 0 aromatic heterocycles. The molecule has 0 spiro atoms. The lowest BCUT2D eigenvalue weighted by Gasteiger charge is -2.28. The quantitative estimate of drug-likeness (QED) is 0.731. The van der Waals surface area contributed by atoms with Gasteiger partial charge in [0, 0.05) is 4.47 Å². The molecule has 0 aliphatic carbocycles. The van der Waals surface area contributed by atoms with E-state index >= 15 is 0 Å². The van der Waals surface area contributed by atoms with Gasteiger partial charge < -0.3 is 19.9 Å². The fraction of sp³-hybridized carbons (Fsp3) is 0.556. The van der Waals surface area contributed by atoms with E-state index in [4.69, 9.17) is 9.47 Å². The van der Waals surface area contributed by atoms with Crippen LogP contribution in [0.4, 0.5) is 4.79 Å². The van der Waals surface area contributed by atoms with Crippen LogP contribution in [0.5, 0.6) is 0 Å². The minimum atomic E-state index is -1.30. The summed E-state index contributed by atoms with van der Waals surface area (Å²) in [5.74, 6) is -0.745. The fourth-order valence-corrected chi connectivity index (χ4v) is 2.37. The summed E-state index contributed by atoms with van der Waals surface area (Å²) in [6, 6.07) is 5.54. The van der Waals surface area contributed by atoms with Gasteiger partial charge in [0.2, 0.25) is 0 Å². The topological polar surface area (TPSA) is 84.9 Å². The van der Waals surface area contributed by atoms with Crippen LogP contribution in [-0.4, -0.2) is 34.4 Å². The van der Waals surface area contributed by atoms with Crippen LogP contribution in [0.15, 0.2) is 28.7 Å². The molecular formula is C18H26BrNO5. The van der Waals surface area contributed by atoms with E-state index in [1.54, 1.807) is 65.8 Å². The molecule has 0 saturated carbocycles. The van der Waals surface area contributed by atoms with E-state index in [0.29, 0.717) is 5.56 Å². The van der Waals surface area contributed by atoms with E-state index in [1.165, 1.54) is 0 Å². The van der Waals surface area contributed by atoms with Crippen LogP contribution < -0.4 is 5.32 Å². The molecule has 1 aromatic rings. The van der Waals surface area contributed by atoms with Gasteiger partial charge in [0.1, 0.15) is 17.3 Å². The van der Waals surface area contributed by atoms with Crippen LogP contribution in [0.3, 0.4) is 0 Å². The van der Waals surface area contributed by atoms with Crippen molar-refractivity contribution in [2.75, 3.05) is 0 Å². The highest BCUT2D eigenvalue weighted by molar-refractivity contribution is 9.10. The van der Waals surface area contributed by atoms with Gasteiger partial charge in [0.15, 0.2) is 6.04 Å². The molecule has 0 bridgehead atoms. The number of carbonyl (C=O) groups is 2. The van der Waals surface area contributed by atoms with Gasteiger partial charge in [-0.2, -0.15) is 0 Å². The van der Waals surface area contributed by atoms with E-state index < -0.39 is 35.4 Å². The van der Waals surface area contributed by atoms with Crippen LogP contribution >= 0.6 is 15.9 Å². The second-order valence-corrected chi connectivity index (χ2v) is 8.57. The maximum absolute atomic E-state index is 12.5. The summed E-state index contributed by atoms with van der Waals surface area (Å²) in [4.78, 5) is 24.6. The number of aliphatic hydroxyl groups is 1. The highest BCUT2D eigenvalue weighted by Gasteiger charge is 2.35. The van der Waals surface area contributed by atoms with Gasteiger partial charge in [-0.25, -0.2) is 9.59 Å². The number of carbonyl (C=O) groups excluding carboxylic acids is 2. The molecule has 1 aromatic carbocycles. The number of hydrogen-bond acceptors (Lipinski definition) is 5. The van der Waals surface area contributed by atoms with Crippen molar-refractivity contribution < 1.29 is 24.2 Å². The molecule has 0 saturated heterocycles. The van der Waals surface area contributed by atoms with E-state index in [-0.39, 0.29) is 0 Å². The zero-order valence-corrected chi connectivity index (χ0v) is 17.0. The number of halogens is 1. The van der Waals surface area contributed by atoms with Gasteiger partial charge in [0.05, 0.1) is 0 Å². The SMILES string of the molecule is CC(C)(C)OC(=O)N[C@H](C(=O)OC(C)(C)C)[C@@H](O)c1cccc(Br)c1. The van der Waals surface area contributed by atoms with Crippen molar-refractivity contribution in [3.8, 4) is 0 Å². The second-order valence-electron chi connectivity index (χ2n) is 7.66. The van der Waals surface area contributed by atoms with Crippen LogP contribution in [-0.2, 0) is 14.3 Å². The summed E-state index contributed by atoms with van der Waals surface area (Å²) in [6.45, 7) is 10.3. The van der Waals surface area contributed by atoms with Crippen molar-refractivity contribution >= 4 is 28.0 Å². The number of ether oxygens (including phenoxy) is 2. The van der Waals surface area contributed by atoms with Gasteiger partial charge in [-0.3, -0.25) is 0 Å². The molecule has 2 N–H and O–H groups in total. The maximum Gasteiger partial charge on any atom is 0.408 e. The third kappa shape index (κ3) is 7.88. The monoisotopic (exact) mass is 415 g/mol. The number of hydrogen-bond donors (Lipinski definition) is 2. The summed E-state index contributed by atoms with van der Waals surface area (Å²) < 4.78 is 11.2. The number of rotatable bonds is 4. The van der Waals surface area contributed by atoms with Crippen molar-refractivity contribution in [3.63, 3.8) is 0 Å². The molecule has 0 aliphatic rings. The molecule has 0 aliphatic heterocycles. The Morgan fingerprint density at radius 2 is 1.64 bits per heavy atom. The molecule has 0 unspecified atom stereocenters. The number of esters is 1. The van der Waals surface area contributed by atoms with Gasteiger partial charge in [-0.1, -0.05) is 28.1 Å². The molecule has 0 fully saturated rings. The lowest BCUT2D eigenvalue weighted by Crippen LogP contribution is -2.49. The number of aliphatic hydroxyl groups excluding tert-OH is 1. The molecule has 140 valence electrons. The summed E-state index contributed by atoms with van der Waals surface area (Å²) in [5, 5.41) is 13.0. The smallest absolute Gasteiger partial charge is 0.408 e. The summed E-state index contributed by atoms with van der Waals surface area (Å²) in [6.07, 6.45) is -2.10. The molecule has 1 rings (SSSR count). The first kappa shape index (κ1) is 21.4. The zero-order valence-electron chi connectivity index (χ0n) is 15.4. The predicted octanol–water partition coefficient (Wildman–Crippen LogP) is 3.72. The molecular weight excluding hydrogens is 390 g/mol. The van der Waals surface area contributed by atoms with Gasteiger partial charge in [-0.15, -0.1) is 0 Å². The zero-order chi connectivity index (χ0) is 19.4. The number of alkyl carbamates (subject to hydrolysis) is 1. The molecule has 7 heteroatoms. The van der Waals surface area contributed by atoms with Crippen LogP contribution in [0.1, 0.15) is 53.2 Å². The van der Waals surface area contributed by atoms with Crippen molar-refractivity contribution in [1.29, 1.82) is 0 Å². The highest BCUT2D eigenvalue weighted by atomic mass is 79.9. The standard InChI is InChI=1S/C18H26BrNO5/c1-17(2,3)24-15(22)13(20-16(23)25-18(4,5)6)14(21)11-8-7-9-12(19)10-11/h7-10,13-14,21H,1-6H3,(H,20,23)/t13-,14-/m0/s1. The number of amides is 1. The Balaban J connectivity index is 3.05. The van der Waals surface area contributed by atoms with Crippen molar-refractivity contribution in [3.05, 3.63) is 34.3 Å². The fourth-order valence-electron chi connectivity index (χ4n) is 1.95. The Morgan fingerprint density at radius 1 is 1.08 bits per heavy atom. The van der Waals surface area contributed by atoms with Gasteiger partial charge in [0.25, 0.3) is 0 Å². The summed E-state index contributed by atoms with van der Waals surface area (Å²) in [7, 11) is 0. The van der Waals surface area contributed by atoms with E-state index in [1.807, 2.05) is 0 Å². The lowest BCUT2D eigenvalue weighted by molar-refractivity contribution is -0.160. The third-order valence-electron chi connectivity index (χ3n) is 2.84. The Bertz CT molecular complexity index is 619.